The summed E-state index contributed by atoms with van der Waals surface area (Å²) in [5.74, 6) is -0.500. The lowest BCUT2D eigenvalue weighted by Crippen LogP contribution is -2.54. The molecule has 1 saturated carbocycles. The van der Waals surface area contributed by atoms with Crippen molar-refractivity contribution < 1.29 is 19.1 Å². The van der Waals surface area contributed by atoms with E-state index in [2.05, 4.69) is 20.2 Å². The number of nitrogens with one attached hydrogen (secondary N) is 1. The van der Waals surface area contributed by atoms with Crippen LogP contribution in [0.2, 0.25) is 0 Å². The lowest BCUT2D eigenvalue weighted by Gasteiger charge is -2.32. The average molecular weight is 509 g/mol. The Hall–Kier alpha value is -2.94. The van der Waals surface area contributed by atoms with Crippen molar-refractivity contribution in [3.05, 3.63) is 45.8 Å². The second-order valence-electron chi connectivity index (χ2n) is 10.9. The maximum Gasteiger partial charge on any atom is 0.251 e. The highest BCUT2D eigenvalue weighted by molar-refractivity contribution is 5.99. The van der Waals surface area contributed by atoms with E-state index in [4.69, 9.17) is 10.3 Å². The Morgan fingerprint density at radius 1 is 1.19 bits per heavy atom. The lowest BCUT2D eigenvalue weighted by atomic mass is 9.89. The highest BCUT2D eigenvalue weighted by Gasteiger charge is 2.53. The van der Waals surface area contributed by atoms with Gasteiger partial charge in [-0.15, -0.1) is 0 Å². The molecule has 0 unspecified atom stereocenters. The number of ether oxygens (including phenoxy) is 1. The van der Waals surface area contributed by atoms with Crippen LogP contribution in [0.4, 0.5) is 0 Å². The number of fused-ring (bicyclic) bond motifs is 1. The Balaban J connectivity index is 1.26. The van der Waals surface area contributed by atoms with Gasteiger partial charge < -0.3 is 19.9 Å². The monoisotopic (exact) mass is 508 g/mol. The van der Waals surface area contributed by atoms with Crippen molar-refractivity contribution in [3.63, 3.8) is 0 Å². The Morgan fingerprint density at radius 2 is 1.89 bits per heavy atom. The zero-order valence-corrected chi connectivity index (χ0v) is 21.6. The summed E-state index contributed by atoms with van der Waals surface area (Å²) in [4.78, 5) is 46.3. The number of amides is 2. The maximum atomic E-state index is 13.7. The summed E-state index contributed by atoms with van der Waals surface area (Å²) in [7, 11) is 0. The summed E-state index contributed by atoms with van der Waals surface area (Å²) in [5.41, 5.74) is 10.7. The first kappa shape index (κ1) is 25.7. The summed E-state index contributed by atoms with van der Waals surface area (Å²) in [6, 6.07) is 6.36. The molecule has 5 atom stereocenters. The van der Waals surface area contributed by atoms with Gasteiger partial charge in [0, 0.05) is 23.1 Å². The van der Waals surface area contributed by atoms with Gasteiger partial charge in [0.2, 0.25) is 5.91 Å². The number of hydrogen-bond acceptors (Lipinski definition) is 6. The SMILES string of the molecule is CC[C@H](C)[C@H](NC(=O)c1ccc(C2CCN(C3CC3)CC2)cc1)C(=O)N1C[C@H](N=[N+]=[N-])[C@H]2OCC(=O)[C@H]21. The largest absolute Gasteiger partial charge is 0.367 e. The highest BCUT2D eigenvalue weighted by Crippen LogP contribution is 2.35. The van der Waals surface area contributed by atoms with E-state index in [-0.39, 0.29) is 36.7 Å². The first-order valence-corrected chi connectivity index (χ1v) is 13.5. The van der Waals surface area contributed by atoms with Crippen LogP contribution in [0, 0.1) is 5.92 Å². The third-order valence-electron chi connectivity index (χ3n) is 8.64. The van der Waals surface area contributed by atoms with E-state index in [1.165, 1.54) is 23.3 Å². The molecule has 3 aliphatic heterocycles. The predicted molar refractivity (Wildman–Crippen MR) is 137 cm³/mol. The molecule has 4 aliphatic rings. The van der Waals surface area contributed by atoms with E-state index in [1.54, 1.807) is 0 Å². The van der Waals surface area contributed by atoms with Crippen molar-refractivity contribution >= 4 is 17.6 Å². The zero-order valence-electron chi connectivity index (χ0n) is 21.6. The van der Waals surface area contributed by atoms with Crippen LogP contribution in [0.3, 0.4) is 0 Å². The Kier molecular flexibility index (Phi) is 7.51. The molecule has 0 radical (unpaired) electrons. The molecule has 1 aromatic carbocycles. The molecule has 2 amide bonds. The van der Waals surface area contributed by atoms with E-state index >= 15 is 0 Å². The molecule has 3 heterocycles. The van der Waals surface area contributed by atoms with Crippen LogP contribution < -0.4 is 5.32 Å². The summed E-state index contributed by atoms with van der Waals surface area (Å²) in [6.07, 6.45) is 5.00. The number of likely N-dealkylation sites (tertiary alicyclic amines) is 2. The smallest absolute Gasteiger partial charge is 0.251 e. The maximum absolute atomic E-state index is 13.7. The molecule has 198 valence electrons. The van der Waals surface area contributed by atoms with Gasteiger partial charge >= 0.3 is 0 Å². The molecule has 3 saturated heterocycles. The molecular weight excluding hydrogens is 472 g/mol. The number of Topliss-reactive ketones (excluding diaryl/α,β-unsaturated/α-hetero) is 1. The molecule has 1 aliphatic carbocycles. The molecule has 0 aromatic heterocycles. The number of hydrogen-bond donors (Lipinski definition) is 1. The number of benzene rings is 1. The van der Waals surface area contributed by atoms with E-state index in [1.807, 2.05) is 38.1 Å². The number of azide groups is 1. The minimum absolute atomic E-state index is 0.0982. The summed E-state index contributed by atoms with van der Waals surface area (Å²) >= 11 is 0. The fourth-order valence-corrected chi connectivity index (χ4v) is 6.06. The summed E-state index contributed by atoms with van der Waals surface area (Å²) in [5, 5.41) is 6.68. The molecule has 10 heteroatoms. The van der Waals surface area contributed by atoms with Gasteiger partial charge in [0.25, 0.3) is 5.91 Å². The molecule has 4 fully saturated rings. The van der Waals surface area contributed by atoms with Crippen LogP contribution in [0.15, 0.2) is 29.4 Å². The normalized spacial score (nSPS) is 27.9. The zero-order chi connectivity index (χ0) is 26.1. The first-order valence-electron chi connectivity index (χ1n) is 13.5. The van der Waals surface area contributed by atoms with Gasteiger partial charge in [0.05, 0.1) is 12.1 Å². The lowest BCUT2D eigenvalue weighted by molar-refractivity contribution is -0.139. The number of ketones is 1. The Morgan fingerprint density at radius 3 is 2.51 bits per heavy atom. The van der Waals surface area contributed by atoms with Gasteiger partial charge in [-0.2, -0.15) is 0 Å². The Labute approximate surface area is 217 Å². The van der Waals surface area contributed by atoms with E-state index in [9.17, 15) is 14.4 Å². The molecule has 1 aromatic rings. The fourth-order valence-electron chi connectivity index (χ4n) is 6.06. The molecule has 10 nitrogen and oxygen atoms in total. The molecule has 0 bridgehead atoms. The number of rotatable bonds is 8. The second kappa shape index (κ2) is 10.8. The van der Waals surface area contributed by atoms with Crippen molar-refractivity contribution in [1.29, 1.82) is 0 Å². The van der Waals surface area contributed by atoms with Crippen molar-refractivity contribution in [1.82, 2.24) is 15.1 Å². The van der Waals surface area contributed by atoms with Gasteiger partial charge in [0.1, 0.15) is 18.7 Å². The van der Waals surface area contributed by atoms with Crippen molar-refractivity contribution in [3.8, 4) is 0 Å². The van der Waals surface area contributed by atoms with Crippen LogP contribution in [0.25, 0.3) is 10.4 Å². The minimum atomic E-state index is -0.803. The summed E-state index contributed by atoms with van der Waals surface area (Å²) < 4.78 is 5.54. The van der Waals surface area contributed by atoms with Crippen LogP contribution in [0.5, 0.6) is 0 Å². The first-order chi connectivity index (χ1) is 17.9. The van der Waals surface area contributed by atoms with Crippen LogP contribution in [-0.4, -0.2) is 83.9 Å². The second-order valence-corrected chi connectivity index (χ2v) is 10.9. The van der Waals surface area contributed by atoms with Crippen molar-refractivity contribution in [2.75, 3.05) is 26.2 Å². The highest BCUT2D eigenvalue weighted by atomic mass is 16.5. The summed E-state index contributed by atoms with van der Waals surface area (Å²) in [6.45, 7) is 6.14. The number of nitrogens with zero attached hydrogens (tertiary/aromatic N) is 5. The average Bonchev–Trinajstić information content (AvgIpc) is 3.62. The van der Waals surface area contributed by atoms with Gasteiger partial charge in [-0.25, -0.2) is 0 Å². The third-order valence-corrected chi connectivity index (χ3v) is 8.64. The van der Waals surface area contributed by atoms with Gasteiger partial charge in [-0.3, -0.25) is 14.4 Å². The molecular formula is C27H36N6O4. The van der Waals surface area contributed by atoms with Gasteiger partial charge in [0.15, 0.2) is 5.78 Å². The van der Waals surface area contributed by atoms with Gasteiger partial charge in [-0.1, -0.05) is 37.5 Å². The fraction of sp³-hybridized carbons (Fsp3) is 0.667. The topological polar surface area (TPSA) is 128 Å². The van der Waals surface area contributed by atoms with E-state index in [0.29, 0.717) is 17.9 Å². The quantitative estimate of drug-likeness (QED) is 0.328. The third kappa shape index (κ3) is 5.23. The molecule has 37 heavy (non-hydrogen) atoms. The van der Waals surface area contributed by atoms with Crippen molar-refractivity contribution in [2.24, 2.45) is 11.0 Å². The number of carbonyl (C=O) groups is 3. The Bertz CT molecular complexity index is 1070. The van der Waals surface area contributed by atoms with Crippen LogP contribution in [-0.2, 0) is 14.3 Å². The van der Waals surface area contributed by atoms with Crippen LogP contribution >= 0.6 is 0 Å². The number of piperidine rings is 1. The van der Waals surface area contributed by atoms with Crippen molar-refractivity contribution in [2.45, 2.75) is 82.1 Å². The molecule has 1 N–H and O–H groups in total. The van der Waals surface area contributed by atoms with E-state index < -0.39 is 24.2 Å². The molecule has 0 spiro atoms. The van der Waals surface area contributed by atoms with Gasteiger partial charge in [-0.05, 0) is 73.8 Å². The standard InChI is InChI=1S/C27H36N6O4/c1-3-16(2)23(27(36)33-14-21(30-31-28)25-24(33)22(34)15-37-25)29-26(35)19-6-4-17(5-7-19)18-10-12-32(13-11-18)20-8-9-20/h4-7,16,18,20-21,23-25H,3,8-15H2,1-2H3,(H,29,35)/t16-,21-,23-,24+,25+/m0/s1. The number of carbonyl (C=O) groups excluding carboxylic acids is 3. The predicted octanol–water partition coefficient (Wildman–Crippen LogP) is 3.03. The van der Waals surface area contributed by atoms with E-state index in [0.717, 1.165) is 32.0 Å². The minimum Gasteiger partial charge on any atom is -0.367 e. The molecule has 5 rings (SSSR count). The van der Waals surface area contributed by atoms with Crippen LogP contribution in [0.1, 0.15) is 67.8 Å².